The summed E-state index contributed by atoms with van der Waals surface area (Å²) in [6, 6.07) is 0. The van der Waals surface area contributed by atoms with Gasteiger partial charge in [-0.1, -0.05) is 154 Å². The van der Waals surface area contributed by atoms with Crippen LogP contribution in [0.15, 0.2) is 12.2 Å². The summed E-state index contributed by atoms with van der Waals surface area (Å²) in [4.78, 5) is 35.6. The summed E-state index contributed by atoms with van der Waals surface area (Å²) >= 11 is 0. The van der Waals surface area contributed by atoms with E-state index in [1.165, 1.54) is 96.3 Å². The number of carbonyl (C=O) groups is 2. The van der Waals surface area contributed by atoms with E-state index >= 15 is 0 Å². The first-order valence-electron chi connectivity index (χ1n) is 22.5. The number of esters is 2. The average Bonchev–Trinajstić information content (AvgIpc) is 3.19. The van der Waals surface area contributed by atoms with Crippen LogP contribution in [0.4, 0.5) is 0 Å². The maximum atomic E-state index is 12.8. The predicted molar refractivity (Wildman–Crippen MR) is 221 cm³/mol. The monoisotopic (exact) mass is 837 g/mol. The van der Waals surface area contributed by atoms with Crippen molar-refractivity contribution in [2.45, 2.75) is 236 Å². The van der Waals surface area contributed by atoms with Gasteiger partial charge in [-0.2, -0.15) is 0 Å². The van der Waals surface area contributed by atoms with Gasteiger partial charge in [-0.25, -0.2) is 4.57 Å². The molecule has 1 rings (SSSR count). The Hall–Kier alpha value is -1.41. The van der Waals surface area contributed by atoms with E-state index in [9.17, 15) is 44.6 Å². The molecule has 0 aliphatic heterocycles. The van der Waals surface area contributed by atoms with Crippen molar-refractivity contribution >= 4 is 19.8 Å². The number of ether oxygens (including phenoxy) is 2. The number of hydrogen-bond donors (Lipinski definition) is 6. The Morgan fingerprint density at radius 1 is 0.526 bits per heavy atom. The van der Waals surface area contributed by atoms with Gasteiger partial charge in [0.15, 0.2) is 6.10 Å². The van der Waals surface area contributed by atoms with Crippen LogP contribution >= 0.6 is 7.82 Å². The van der Waals surface area contributed by atoms with E-state index in [0.29, 0.717) is 12.8 Å². The van der Waals surface area contributed by atoms with E-state index in [2.05, 4.69) is 26.0 Å². The molecule has 336 valence electrons. The molecule has 0 aromatic carbocycles. The summed E-state index contributed by atoms with van der Waals surface area (Å²) in [6.07, 6.45) is 21.2. The highest BCUT2D eigenvalue weighted by molar-refractivity contribution is 7.47. The standard InChI is InChI=1S/C43H81O13P/c1-3-5-7-9-11-13-15-17-18-20-22-24-26-28-30-32-37(45)55-35(34-54-57(51,52)56-43-41(49)39(47)38(46)40(48)42(43)50)33-53-36(44)31-29-27-25-23-21-19-16-14-12-10-8-6-4-2/h13,15,35,38-43,46-50H,3-12,14,16-34H2,1-2H3,(H,51,52)/b15-13+/t35-,38?,39-,40?,41?,42?,43?/m1/s1. The van der Waals surface area contributed by atoms with Gasteiger partial charge in [-0.15, -0.1) is 0 Å². The smallest absolute Gasteiger partial charge is 0.462 e. The fraction of sp³-hybridized carbons (Fsp3) is 0.907. The molecule has 13 nitrogen and oxygen atoms in total. The molecule has 0 amide bonds. The molecule has 8 atom stereocenters. The highest BCUT2D eigenvalue weighted by Gasteiger charge is 2.51. The molecule has 1 aliphatic carbocycles. The third-order valence-corrected chi connectivity index (χ3v) is 11.6. The number of phosphoric acid groups is 1. The highest BCUT2D eigenvalue weighted by Crippen LogP contribution is 2.47. The first kappa shape index (κ1) is 53.6. The second-order valence-electron chi connectivity index (χ2n) is 15.9. The summed E-state index contributed by atoms with van der Waals surface area (Å²) in [7, 11) is -5.11. The van der Waals surface area contributed by atoms with Crippen molar-refractivity contribution in [3.63, 3.8) is 0 Å². The third kappa shape index (κ3) is 27.1. The number of unbranched alkanes of at least 4 members (excludes halogenated alkanes) is 23. The van der Waals surface area contributed by atoms with Gasteiger partial charge in [-0.3, -0.25) is 18.6 Å². The van der Waals surface area contributed by atoms with Gasteiger partial charge in [0, 0.05) is 12.8 Å². The zero-order valence-corrected chi connectivity index (χ0v) is 36.3. The van der Waals surface area contributed by atoms with E-state index in [-0.39, 0.29) is 12.8 Å². The van der Waals surface area contributed by atoms with Gasteiger partial charge in [0.05, 0.1) is 6.61 Å². The Morgan fingerprint density at radius 2 is 0.895 bits per heavy atom. The lowest BCUT2D eigenvalue weighted by molar-refractivity contribution is -0.220. The molecule has 0 radical (unpaired) electrons. The number of hydrogen-bond acceptors (Lipinski definition) is 12. The molecule has 1 fully saturated rings. The summed E-state index contributed by atoms with van der Waals surface area (Å²) in [6.45, 7) is 3.28. The lowest BCUT2D eigenvalue weighted by atomic mass is 9.85. The van der Waals surface area contributed by atoms with Gasteiger partial charge in [0.1, 0.15) is 43.2 Å². The molecule has 1 saturated carbocycles. The Labute approximate surface area is 343 Å². The van der Waals surface area contributed by atoms with Gasteiger partial charge >= 0.3 is 19.8 Å². The van der Waals surface area contributed by atoms with Crippen LogP contribution in [0.2, 0.25) is 0 Å². The van der Waals surface area contributed by atoms with Gasteiger partial charge in [-0.05, 0) is 38.5 Å². The fourth-order valence-electron chi connectivity index (χ4n) is 6.93. The van der Waals surface area contributed by atoms with Crippen molar-refractivity contribution in [3.05, 3.63) is 12.2 Å². The lowest BCUT2D eigenvalue weighted by Gasteiger charge is -2.41. The Bertz CT molecular complexity index is 1060. The molecular formula is C43H81O13P. The maximum absolute atomic E-state index is 12.8. The molecule has 57 heavy (non-hydrogen) atoms. The molecule has 0 aromatic heterocycles. The molecular weight excluding hydrogens is 755 g/mol. The van der Waals surface area contributed by atoms with Crippen molar-refractivity contribution in [2.75, 3.05) is 13.2 Å². The molecule has 0 heterocycles. The molecule has 14 heteroatoms. The minimum atomic E-state index is -5.11. The first-order chi connectivity index (χ1) is 27.4. The van der Waals surface area contributed by atoms with Crippen molar-refractivity contribution in [3.8, 4) is 0 Å². The van der Waals surface area contributed by atoms with Crippen LogP contribution in [0.5, 0.6) is 0 Å². The fourth-order valence-corrected chi connectivity index (χ4v) is 7.90. The second-order valence-corrected chi connectivity index (χ2v) is 17.3. The van der Waals surface area contributed by atoms with Gasteiger partial charge in [0.25, 0.3) is 0 Å². The van der Waals surface area contributed by atoms with Crippen LogP contribution in [0.1, 0.15) is 194 Å². The number of aliphatic hydroxyl groups is 5. The van der Waals surface area contributed by atoms with E-state index in [0.717, 1.165) is 57.8 Å². The van der Waals surface area contributed by atoms with Crippen molar-refractivity contribution in [1.29, 1.82) is 0 Å². The van der Waals surface area contributed by atoms with Crippen LogP contribution < -0.4 is 0 Å². The van der Waals surface area contributed by atoms with Crippen LogP contribution in [-0.4, -0.2) is 98.3 Å². The zero-order valence-electron chi connectivity index (χ0n) is 35.4. The summed E-state index contributed by atoms with van der Waals surface area (Å²) < 4.78 is 33.5. The van der Waals surface area contributed by atoms with Crippen LogP contribution in [0, 0.1) is 0 Å². The third-order valence-electron chi connectivity index (χ3n) is 10.6. The quantitative estimate of drug-likeness (QED) is 0.0151. The molecule has 0 aromatic rings. The molecule has 6 N–H and O–H groups in total. The van der Waals surface area contributed by atoms with Crippen LogP contribution in [0.3, 0.4) is 0 Å². The molecule has 0 spiro atoms. The Balaban J connectivity index is 2.47. The number of allylic oxidation sites excluding steroid dienone is 2. The summed E-state index contributed by atoms with van der Waals surface area (Å²) in [5.74, 6) is -1.10. The lowest BCUT2D eigenvalue weighted by Crippen LogP contribution is -2.64. The van der Waals surface area contributed by atoms with E-state index in [1.807, 2.05) is 0 Å². The Kier molecular flexibility index (Phi) is 32.3. The largest absolute Gasteiger partial charge is 0.472 e. The van der Waals surface area contributed by atoms with Crippen molar-refractivity contribution < 1.29 is 63.1 Å². The molecule has 0 bridgehead atoms. The summed E-state index contributed by atoms with van der Waals surface area (Å²) in [5.41, 5.74) is 0. The van der Waals surface area contributed by atoms with E-state index < -0.39 is 75.7 Å². The van der Waals surface area contributed by atoms with Crippen LogP contribution in [-0.2, 0) is 32.7 Å². The number of carbonyl (C=O) groups excluding carboxylic acids is 2. The number of rotatable bonds is 37. The van der Waals surface area contributed by atoms with Gasteiger partial charge < -0.3 is 39.9 Å². The van der Waals surface area contributed by atoms with E-state index in [1.54, 1.807) is 0 Å². The highest BCUT2D eigenvalue weighted by atomic mass is 31.2. The topological polar surface area (TPSA) is 210 Å². The predicted octanol–water partition coefficient (Wildman–Crippen LogP) is 8.28. The zero-order chi connectivity index (χ0) is 42.2. The first-order valence-corrected chi connectivity index (χ1v) is 24.0. The SMILES string of the molecule is CCCCCC/C=C/CCCCCCCCCC(=O)O[C@H](COC(=O)CCCCCCCCCCCCCCC)COP(=O)(O)OC1C(O)C(O)C(O)[C@@H](O)C1O. The molecule has 1 aliphatic rings. The van der Waals surface area contributed by atoms with Crippen molar-refractivity contribution in [1.82, 2.24) is 0 Å². The minimum Gasteiger partial charge on any atom is -0.462 e. The minimum absolute atomic E-state index is 0.0955. The summed E-state index contributed by atoms with van der Waals surface area (Å²) in [5, 5.41) is 50.1. The van der Waals surface area contributed by atoms with E-state index in [4.69, 9.17) is 18.5 Å². The molecule has 6 unspecified atom stereocenters. The molecule has 0 saturated heterocycles. The number of aliphatic hydroxyl groups excluding tert-OH is 5. The van der Waals surface area contributed by atoms with Crippen LogP contribution in [0.25, 0.3) is 0 Å². The number of phosphoric ester groups is 1. The second kappa shape index (κ2) is 34.3. The Morgan fingerprint density at radius 3 is 1.35 bits per heavy atom. The maximum Gasteiger partial charge on any atom is 0.472 e. The van der Waals surface area contributed by atoms with Crippen molar-refractivity contribution in [2.24, 2.45) is 0 Å². The van der Waals surface area contributed by atoms with Gasteiger partial charge in [0.2, 0.25) is 0 Å². The average molecular weight is 837 g/mol. The normalized spacial score (nSPS) is 22.7.